The maximum atomic E-state index is 14.9. The Balaban J connectivity index is 1.38. The van der Waals surface area contributed by atoms with Crippen LogP contribution in [-0.2, 0) is 17.7 Å². The van der Waals surface area contributed by atoms with Gasteiger partial charge in [-0.2, -0.15) is 0 Å². The zero-order valence-electron chi connectivity index (χ0n) is 17.9. The predicted octanol–water partition coefficient (Wildman–Crippen LogP) is 3.44. The Morgan fingerprint density at radius 2 is 2.00 bits per heavy atom. The third-order valence-corrected chi connectivity index (χ3v) is 6.09. The van der Waals surface area contributed by atoms with E-state index >= 15 is 0 Å². The molecule has 33 heavy (non-hydrogen) atoms. The maximum absolute atomic E-state index is 14.9. The summed E-state index contributed by atoms with van der Waals surface area (Å²) in [7, 11) is 0. The number of aromatic nitrogens is 5. The first-order chi connectivity index (χ1) is 16.1. The molecule has 5 heterocycles. The van der Waals surface area contributed by atoms with Crippen LogP contribution in [0, 0.1) is 18.6 Å². The number of rotatable bonds is 4. The van der Waals surface area contributed by atoms with Gasteiger partial charge in [-0.15, -0.1) is 0 Å². The number of nitrogens with one attached hydrogen (secondary N) is 2. The van der Waals surface area contributed by atoms with Crippen molar-refractivity contribution in [2.75, 3.05) is 25.1 Å². The summed E-state index contributed by atoms with van der Waals surface area (Å²) in [5.41, 5.74) is 3.33. The summed E-state index contributed by atoms with van der Waals surface area (Å²) >= 11 is 0. The van der Waals surface area contributed by atoms with Crippen molar-refractivity contribution in [2.45, 2.75) is 25.9 Å². The minimum Gasteiger partial charge on any atom is -0.377 e. The van der Waals surface area contributed by atoms with Gasteiger partial charge in [0.05, 0.1) is 31.0 Å². The standard InChI is InChI=1S/C23H21F2N7O/c1-12-28-22-16(24)6-14(7-19(22)32(12)15-10-33-11-15)21-17(25)9-27-23(31-21)30-20-3-2-13-8-26-5-4-18(13)29-20/h2-3,6-7,9,15,26H,4-5,8,10-11H2,1H3,(H,27,29,30,31). The molecule has 2 aliphatic heterocycles. The topological polar surface area (TPSA) is 89.8 Å². The van der Waals surface area contributed by atoms with Gasteiger partial charge < -0.3 is 19.9 Å². The van der Waals surface area contributed by atoms with Gasteiger partial charge in [0.25, 0.3) is 0 Å². The largest absolute Gasteiger partial charge is 0.377 e. The summed E-state index contributed by atoms with van der Waals surface area (Å²) in [5, 5.41) is 6.36. The van der Waals surface area contributed by atoms with Crippen molar-refractivity contribution in [1.29, 1.82) is 0 Å². The molecule has 1 saturated heterocycles. The number of benzene rings is 1. The summed E-state index contributed by atoms with van der Waals surface area (Å²) in [6.45, 7) is 4.57. The summed E-state index contributed by atoms with van der Waals surface area (Å²) in [4.78, 5) is 17.4. The smallest absolute Gasteiger partial charge is 0.229 e. The van der Waals surface area contributed by atoms with Gasteiger partial charge in [0, 0.05) is 30.8 Å². The highest BCUT2D eigenvalue weighted by molar-refractivity contribution is 5.83. The molecular formula is C23H21F2N7O. The lowest BCUT2D eigenvalue weighted by Crippen LogP contribution is -2.31. The molecule has 0 atom stereocenters. The average molecular weight is 449 g/mol. The fraction of sp³-hybridized carbons (Fsp3) is 0.304. The van der Waals surface area contributed by atoms with Gasteiger partial charge in [0.15, 0.2) is 11.6 Å². The molecule has 0 aliphatic carbocycles. The fourth-order valence-electron chi connectivity index (χ4n) is 4.39. The van der Waals surface area contributed by atoms with Crippen LogP contribution in [0.15, 0.2) is 30.5 Å². The molecule has 10 heteroatoms. The van der Waals surface area contributed by atoms with E-state index in [0.717, 1.165) is 37.0 Å². The third kappa shape index (κ3) is 3.51. The zero-order valence-corrected chi connectivity index (χ0v) is 17.9. The summed E-state index contributed by atoms with van der Waals surface area (Å²) in [6.07, 6.45) is 1.91. The Bertz CT molecular complexity index is 1380. The van der Waals surface area contributed by atoms with Gasteiger partial charge in [0.2, 0.25) is 5.95 Å². The zero-order chi connectivity index (χ0) is 22.5. The van der Waals surface area contributed by atoms with Crippen molar-refractivity contribution in [3.63, 3.8) is 0 Å². The van der Waals surface area contributed by atoms with E-state index in [-0.39, 0.29) is 23.2 Å². The predicted molar refractivity (Wildman–Crippen MR) is 118 cm³/mol. The number of pyridine rings is 1. The highest BCUT2D eigenvalue weighted by atomic mass is 19.1. The van der Waals surface area contributed by atoms with Crippen LogP contribution in [0.3, 0.4) is 0 Å². The molecule has 2 aliphatic rings. The lowest BCUT2D eigenvalue weighted by atomic mass is 10.1. The molecule has 0 bridgehead atoms. The van der Waals surface area contributed by atoms with E-state index in [2.05, 4.69) is 30.6 Å². The van der Waals surface area contributed by atoms with Gasteiger partial charge in [-0.25, -0.2) is 28.7 Å². The van der Waals surface area contributed by atoms with Crippen LogP contribution < -0.4 is 10.6 Å². The van der Waals surface area contributed by atoms with Gasteiger partial charge in [0.1, 0.15) is 22.9 Å². The van der Waals surface area contributed by atoms with Crippen LogP contribution in [0.25, 0.3) is 22.3 Å². The van der Waals surface area contributed by atoms with Gasteiger partial charge in [-0.3, -0.25) is 0 Å². The van der Waals surface area contributed by atoms with Crippen molar-refractivity contribution in [2.24, 2.45) is 0 Å². The van der Waals surface area contributed by atoms with E-state index in [9.17, 15) is 8.78 Å². The van der Waals surface area contributed by atoms with Gasteiger partial charge in [-0.05, 0) is 30.7 Å². The minimum absolute atomic E-state index is 0.00530. The van der Waals surface area contributed by atoms with Crippen LogP contribution in [-0.4, -0.2) is 44.3 Å². The highest BCUT2D eigenvalue weighted by Crippen LogP contribution is 2.32. The number of aryl methyl sites for hydroxylation is 1. The molecule has 1 aromatic carbocycles. The van der Waals surface area contributed by atoms with Crippen molar-refractivity contribution < 1.29 is 13.5 Å². The monoisotopic (exact) mass is 449 g/mol. The molecule has 0 amide bonds. The average Bonchev–Trinajstić information content (AvgIpc) is 3.10. The Labute approximate surface area is 188 Å². The number of ether oxygens (including phenoxy) is 1. The van der Waals surface area contributed by atoms with Crippen molar-refractivity contribution in [3.8, 4) is 11.3 Å². The second-order valence-electron chi connectivity index (χ2n) is 8.29. The van der Waals surface area contributed by atoms with Crippen molar-refractivity contribution in [1.82, 2.24) is 29.8 Å². The Kier molecular flexibility index (Phi) is 4.77. The Morgan fingerprint density at radius 3 is 2.82 bits per heavy atom. The molecule has 6 rings (SSSR count). The van der Waals surface area contributed by atoms with Crippen LogP contribution in [0.2, 0.25) is 0 Å². The summed E-state index contributed by atoms with van der Waals surface area (Å²) in [5.74, 6) is 0.285. The molecule has 168 valence electrons. The van der Waals surface area contributed by atoms with E-state index < -0.39 is 11.6 Å². The van der Waals surface area contributed by atoms with E-state index in [0.29, 0.717) is 35.9 Å². The second-order valence-corrected chi connectivity index (χ2v) is 8.29. The molecule has 2 N–H and O–H groups in total. The van der Waals surface area contributed by atoms with E-state index in [1.165, 1.54) is 6.07 Å². The van der Waals surface area contributed by atoms with Crippen molar-refractivity contribution in [3.05, 3.63) is 59.2 Å². The third-order valence-electron chi connectivity index (χ3n) is 6.09. The summed E-state index contributed by atoms with van der Waals surface area (Å²) < 4.78 is 36.9. The first-order valence-electron chi connectivity index (χ1n) is 10.8. The van der Waals surface area contributed by atoms with Crippen LogP contribution in [0.1, 0.15) is 23.1 Å². The van der Waals surface area contributed by atoms with E-state index in [4.69, 9.17) is 4.74 Å². The number of imidazole rings is 1. The Morgan fingerprint density at radius 1 is 1.12 bits per heavy atom. The SMILES string of the molecule is Cc1nc2c(F)cc(-c3nc(Nc4ccc5c(n4)CCNC5)ncc3F)cc2n1C1COC1. The number of nitrogens with zero attached hydrogens (tertiary/aromatic N) is 5. The molecule has 1 fully saturated rings. The number of anilines is 2. The molecule has 0 spiro atoms. The summed E-state index contributed by atoms with van der Waals surface area (Å²) in [6, 6.07) is 6.90. The number of halogens is 2. The minimum atomic E-state index is -0.640. The Hall–Kier alpha value is -3.50. The number of hydrogen-bond acceptors (Lipinski definition) is 7. The lowest BCUT2D eigenvalue weighted by molar-refractivity contribution is -0.0224. The quantitative estimate of drug-likeness (QED) is 0.493. The highest BCUT2D eigenvalue weighted by Gasteiger charge is 2.26. The fourth-order valence-corrected chi connectivity index (χ4v) is 4.39. The first kappa shape index (κ1) is 20.1. The first-order valence-corrected chi connectivity index (χ1v) is 10.8. The van der Waals surface area contributed by atoms with E-state index in [1.807, 2.05) is 23.6 Å². The van der Waals surface area contributed by atoms with Gasteiger partial charge in [-0.1, -0.05) is 6.07 Å². The van der Waals surface area contributed by atoms with E-state index in [1.54, 1.807) is 6.07 Å². The second kappa shape index (κ2) is 7.82. The maximum Gasteiger partial charge on any atom is 0.229 e. The lowest BCUT2D eigenvalue weighted by Gasteiger charge is -2.29. The molecule has 8 nitrogen and oxygen atoms in total. The van der Waals surface area contributed by atoms with Crippen LogP contribution in [0.4, 0.5) is 20.5 Å². The molecule has 4 aromatic rings. The molecule has 0 saturated carbocycles. The molecule has 3 aromatic heterocycles. The molecular weight excluding hydrogens is 428 g/mol. The van der Waals surface area contributed by atoms with Crippen LogP contribution >= 0.6 is 0 Å². The van der Waals surface area contributed by atoms with Crippen molar-refractivity contribution >= 4 is 22.8 Å². The van der Waals surface area contributed by atoms with Gasteiger partial charge >= 0.3 is 0 Å². The number of fused-ring (bicyclic) bond motifs is 2. The number of hydrogen-bond donors (Lipinski definition) is 2. The molecule has 0 unspecified atom stereocenters. The molecule has 0 radical (unpaired) electrons. The van der Waals surface area contributed by atoms with Crippen LogP contribution in [0.5, 0.6) is 0 Å². The normalized spacial score (nSPS) is 16.0.